The number of benzene rings is 1. The maximum absolute atomic E-state index is 11.4. The van der Waals surface area contributed by atoms with Crippen LogP contribution >= 0.6 is 0 Å². The quantitative estimate of drug-likeness (QED) is 0.425. The minimum Gasteiger partial charge on any atom is -0.455 e. The Morgan fingerprint density at radius 2 is 1.89 bits per heavy atom. The van der Waals surface area contributed by atoms with Gasteiger partial charge in [0.1, 0.15) is 5.75 Å². The fourth-order valence-electron chi connectivity index (χ4n) is 1.59. The number of hydrogen-bond acceptors (Lipinski definition) is 3. The van der Waals surface area contributed by atoms with Crippen LogP contribution in [0.2, 0.25) is 0 Å². The third kappa shape index (κ3) is 5.16. The first-order valence-corrected chi connectivity index (χ1v) is 6.68. The largest absolute Gasteiger partial charge is 0.455 e. The summed E-state index contributed by atoms with van der Waals surface area (Å²) >= 11 is 0. The zero-order chi connectivity index (χ0) is 14.3. The molecule has 0 bridgehead atoms. The highest BCUT2D eigenvalue weighted by Crippen LogP contribution is 2.17. The molecule has 0 spiro atoms. The number of esters is 1. The lowest BCUT2D eigenvalue weighted by molar-refractivity contribution is -0.159. The maximum atomic E-state index is 11.4. The van der Waals surface area contributed by atoms with Crippen LogP contribution in [-0.4, -0.2) is 12.3 Å². The monoisotopic (exact) mass is 262 g/mol. The van der Waals surface area contributed by atoms with Crippen molar-refractivity contribution >= 4 is 5.97 Å². The Balaban J connectivity index is 2.60. The molecule has 0 saturated heterocycles. The number of aryl methyl sites for hydroxylation is 1. The highest BCUT2D eigenvalue weighted by Gasteiger charge is 2.14. The number of carbonyl (C=O) groups excluding carboxylic acids is 1. The predicted octanol–water partition coefficient (Wildman–Crippen LogP) is 3.87. The zero-order valence-corrected chi connectivity index (χ0v) is 11.9. The van der Waals surface area contributed by atoms with Crippen molar-refractivity contribution in [1.82, 2.24) is 0 Å². The summed E-state index contributed by atoms with van der Waals surface area (Å²) in [5, 5.41) is 0. The Morgan fingerprint density at radius 1 is 1.26 bits per heavy atom. The van der Waals surface area contributed by atoms with Gasteiger partial charge in [-0.3, -0.25) is 0 Å². The van der Waals surface area contributed by atoms with Crippen molar-refractivity contribution in [2.45, 2.75) is 46.3 Å². The molecular formula is C16H22O3. The fraction of sp³-hybridized carbons (Fsp3) is 0.438. The molecule has 0 radical (unpaired) electrons. The highest BCUT2D eigenvalue weighted by molar-refractivity contribution is 5.87. The van der Waals surface area contributed by atoms with Gasteiger partial charge in [0.2, 0.25) is 6.29 Å². The molecular weight excluding hydrogens is 240 g/mol. The number of carbonyl (C=O) groups is 1. The van der Waals surface area contributed by atoms with E-state index in [2.05, 4.69) is 13.5 Å². The summed E-state index contributed by atoms with van der Waals surface area (Å²) in [6, 6.07) is 7.88. The molecule has 0 fully saturated rings. The van der Waals surface area contributed by atoms with Crippen LogP contribution in [0.5, 0.6) is 5.75 Å². The third-order valence-electron chi connectivity index (χ3n) is 2.65. The van der Waals surface area contributed by atoms with E-state index in [1.165, 1.54) is 5.56 Å². The van der Waals surface area contributed by atoms with E-state index in [1.807, 2.05) is 31.2 Å². The van der Waals surface area contributed by atoms with Gasteiger partial charge < -0.3 is 9.47 Å². The molecule has 0 saturated carbocycles. The van der Waals surface area contributed by atoms with E-state index in [9.17, 15) is 4.79 Å². The molecule has 0 aliphatic rings. The minimum atomic E-state index is -0.568. The van der Waals surface area contributed by atoms with Crippen molar-refractivity contribution in [3.63, 3.8) is 0 Å². The smallest absolute Gasteiger partial charge is 0.336 e. The van der Waals surface area contributed by atoms with Crippen LogP contribution in [0.25, 0.3) is 0 Å². The third-order valence-corrected chi connectivity index (χ3v) is 2.65. The molecule has 3 nitrogen and oxygen atoms in total. The van der Waals surface area contributed by atoms with E-state index < -0.39 is 12.3 Å². The van der Waals surface area contributed by atoms with Gasteiger partial charge in [0, 0.05) is 12.0 Å². The van der Waals surface area contributed by atoms with Crippen molar-refractivity contribution in [1.29, 1.82) is 0 Å². The molecule has 1 atom stereocenters. The van der Waals surface area contributed by atoms with E-state index in [4.69, 9.17) is 9.47 Å². The summed E-state index contributed by atoms with van der Waals surface area (Å²) in [7, 11) is 0. The van der Waals surface area contributed by atoms with Gasteiger partial charge in [-0.15, -0.1) is 0 Å². The van der Waals surface area contributed by atoms with Gasteiger partial charge in [0.25, 0.3) is 0 Å². The second-order valence-electron chi connectivity index (χ2n) is 4.54. The molecule has 1 aromatic rings. The normalized spacial score (nSPS) is 11.7. The average Bonchev–Trinajstić information content (AvgIpc) is 2.40. The zero-order valence-electron chi connectivity index (χ0n) is 11.9. The van der Waals surface area contributed by atoms with Gasteiger partial charge in [0.05, 0.1) is 0 Å². The van der Waals surface area contributed by atoms with E-state index >= 15 is 0 Å². The molecule has 0 aliphatic carbocycles. The van der Waals surface area contributed by atoms with Crippen molar-refractivity contribution < 1.29 is 14.3 Å². The summed E-state index contributed by atoms with van der Waals surface area (Å²) in [5.74, 6) is 0.288. The van der Waals surface area contributed by atoms with Crippen molar-refractivity contribution in [3.8, 4) is 5.75 Å². The van der Waals surface area contributed by atoms with Gasteiger partial charge in [-0.2, -0.15) is 0 Å². The van der Waals surface area contributed by atoms with E-state index in [-0.39, 0.29) is 0 Å². The first-order chi connectivity index (χ1) is 9.06. The summed E-state index contributed by atoms with van der Waals surface area (Å²) in [6.45, 7) is 9.22. The Hall–Kier alpha value is -1.77. The number of ether oxygens (including phenoxy) is 2. The maximum Gasteiger partial charge on any atom is 0.336 e. The Morgan fingerprint density at radius 3 is 2.37 bits per heavy atom. The molecule has 19 heavy (non-hydrogen) atoms. The molecule has 1 aromatic carbocycles. The Bertz CT molecular complexity index is 420. The fourth-order valence-corrected chi connectivity index (χ4v) is 1.59. The van der Waals surface area contributed by atoms with Gasteiger partial charge in [-0.1, -0.05) is 39.0 Å². The van der Waals surface area contributed by atoms with Crippen molar-refractivity contribution in [3.05, 3.63) is 42.0 Å². The summed E-state index contributed by atoms with van der Waals surface area (Å²) in [6.07, 6.45) is 2.20. The summed E-state index contributed by atoms with van der Waals surface area (Å²) in [4.78, 5) is 11.4. The van der Waals surface area contributed by atoms with Crippen LogP contribution in [0.4, 0.5) is 0 Å². The molecule has 0 aromatic heterocycles. The summed E-state index contributed by atoms with van der Waals surface area (Å²) < 4.78 is 10.8. The van der Waals surface area contributed by atoms with Crippen LogP contribution in [-0.2, 0) is 16.0 Å². The lowest BCUT2D eigenvalue weighted by Crippen LogP contribution is -2.23. The van der Waals surface area contributed by atoms with Crippen molar-refractivity contribution in [2.24, 2.45) is 0 Å². The SMILES string of the molecule is C=C(C)C(=O)OC(CC)Oc1ccc(CCC)cc1. The first kappa shape index (κ1) is 15.3. The first-order valence-electron chi connectivity index (χ1n) is 6.68. The molecule has 0 amide bonds. The van der Waals surface area contributed by atoms with Crippen molar-refractivity contribution in [2.75, 3.05) is 0 Å². The van der Waals surface area contributed by atoms with Crippen LogP contribution in [0, 0.1) is 0 Å². The van der Waals surface area contributed by atoms with E-state index in [1.54, 1.807) is 6.92 Å². The number of hydrogen-bond donors (Lipinski definition) is 0. The summed E-state index contributed by atoms with van der Waals surface area (Å²) in [5.41, 5.74) is 1.65. The molecule has 0 aliphatic heterocycles. The standard InChI is InChI=1S/C16H22O3/c1-5-7-13-8-10-14(11-9-13)18-15(6-2)19-16(17)12(3)4/h8-11,15H,3,5-7H2,1-2,4H3. The van der Waals surface area contributed by atoms with Gasteiger partial charge >= 0.3 is 5.97 Å². The Kier molecular flexibility index (Phi) is 6.13. The van der Waals surface area contributed by atoms with Crippen LogP contribution < -0.4 is 4.74 Å². The van der Waals surface area contributed by atoms with E-state index in [0.717, 1.165) is 12.8 Å². The molecule has 1 unspecified atom stereocenters. The molecule has 0 N–H and O–H groups in total. The van der Waals surface area contributed by atoms with Gasteiger partial charge in [-0.25, -0.2) is 4.79 Å². The minimum absolute atomic E-state index is 0.375. The van der Waals surface area contributed by atoms with E-state index in [0.29, 0.717) is 17.7 Å². The topological polar surface area (TPSA) is 35.5 Å². The van der Waals surface area contributed by atoms with Crippen LogP contribution in [0.15, 0.2) is 36.4 Å². The average molecular weight is 262 g/mol. The second-order valence-corrected chi connectivity index (χ2v) is 4.54. The number of rotatable bonds is 7. The highest BCUT2D eigenvalue weighted by atomic mass is 16.7. The van der Waals surface area contributed by atoms with Gasteiger partial charge in [0.15, 0.2) is 0 Å². The lowest BCUT2D eigenvalue weighted by atomic mass is 10.1. The molecule has 104 valence electrons. The Labute approximate surface area is 115 Å². The predicted molar refractivity (Wildman–Crippen MR) is 76.1 cm³/mol. The molecule has 3 heteroatoms. The van der Waals surface area contributed by atoms with Crippen LogP contribution in [0.1, 0.15) is 39.2 Å². The van der Waals surface area contributed by atoms with Gasteiger partial charge in [-0.05, 0) is 31.0 Å². The second kappa shape index (κ2) is 7.62. The molecule has 1 rings (SSSR count). The molecule has 0 heterocycles. The van der Waals surface area contributed by atoms with Crippen LogP contribution in [0.3, 0.4) is 0 Å². The lowest BCUT2D eigenvalue weighted by Gasteiger charge is -2.18.